The first-order valence-corrected chi connectivity index (χ1v) is 3.71. The molecule has 0 fully saturated rings. The Morgan fingerprint density at radius 1 is 1.43 bits per heavy atom. The van der Waals surface area contributed by atoms with Gasteiger partial charge in [-0.15, -0.1) is 0 Å². The molecule has 73 valence electrons. The van der Waals surface area contributed by atoms with Crippen LogP contribution in [0.1, 0.15) is 26.3 Å². The Labute approximate surface area is 79.2 Å². The fraction of sp³-hybridized carbons (Fsp3) is 0.111. The van der Waals surface area contributed by atoms with Crippen LogP contribution in [0.25, 0.3) is 0 Å². The van der Waals surface area contributed by atoms with Gasteiger partial charge in [0.15, 0.2) is 6.29 Å². The van der Waals surface area contributed by atoms with E-state index in [2.05, 4.69) is 0 Å². The Kier molecular flexibility index (Phi) is 2.42. The van der Waals surface area contributed by atoms with E-state index < -0.39 is 28.6 Å². The average Bonchev–Trinajstić information content (AvgIpc) is 2.02. The minimum absolute atomic E-state index is 0.130. The van der Waals surface area contributed by atoms with Crippen molar-refractivity contribution in [2.45, 2.75) is 6.92 Å². The third-order valence-corrected chi connectivity index (χ3v) is 1.84. The van der Waals surface area contributed by atoms with Gasteiger partial charge < -0.3 is 10.2 Å². The maximum absolute atomic E-state index is 10.6. The fourth-order valence-electron chi connectivity index (χ4n) is 1.17. The lowest BCUT2D eigenvalue weighted by Crippen LogP contribution is -2.01. The number of aryl methyl sites for hydroxylation is 1. The minimum atomic E-state index is -1.59. The van der Waals surface area contributed by atoms with Crippen molar-refractivity contribution in [1.82, 2.24) is 0 Å². The average molecular weight is 195 g/mol. The molecule has 0 spiro atoms. The van der Waals surface area contributed by atoms with Crippen LogP contribution < -0.4 is 0 Å². The van der Waals surface area contributed by atoms with Crippen LogP contribution >= 0.6 is 0 Å². The number of hydrogen-bond acceptors (Lipinski definition) is 4. The second-order valence-corrected chi connectivity index (χ2v) is 2.76. The van der Waals surface area contributed by atoms with Gasteiger partial charge in [0.2, 0.25) is 0 Å². The maximum Gasteiger partial charge on any atom is 0.390 e. The molecule has 5 heteroatoms. The van der Waals surface area contributed by atoms with Gasteiger partial charge in [-0.2, -0.15) is 0 Å². The number of phenolic OH excluding ortho intramolecular Hbond substituents is 2. The van der Waals surface area contributed by atoms with Gasteiger partial charge in [-0.25, -0.2) is 9.90 Å². The molecule has 0 saturated heterocycles. The van der Waals surface area contributed by atoms with E-state index in [1.165, 1.54) is 6.92 Å². The lowest BCUT2D eigenvalue weighted by molar-refractivity contribution is 0.0569. The summed E-state index contributed by atoms with van der Waals surface area (Å²) in [5.74, 6) is -2.82. The van der Waals surface area contributed by atoms with Crippen LogP contribution in [0.3, 0.4) is 0 Å². The molecule has 5 nitrogen and oxygen atoms in total. The molecule has 1 radical (unpaired) electrons. The van der Waals surface area contributed by atoms with Gasteiger partial charge >= 0.3 is 5.97 Å². The van der Waals surface area contributed by atoms with Crippen LogP contribution in [0.4, 0.5) is 0 Å². The number of aldehydes is 1. The number of carbonyl (C=O) groups is 2. The molecule has 1 rings (SSSR count). The first kappa shape index (κ1) is 10.0. The highest BCUT2D eigenvalue weighted by atomic mass is 16.4. The van der Waals surface area contributed by atoms with Gasteiger partial charge in [-0.05, 0) is 18.6 Å². The summed E-state index contributed by atoms with van der Waals surface area (Å²) >= 11 is 0. The van der Waals surface area contributed by atoms with Gasteiger partial charge in [-0.3, -0.25) is 4.79 Å². The van der Waals surface area contributed by atoms with Crippen molar-refractivity contribution in [3.05, 3.63) is 22.8 Å². The molecule has 0 heterocycles. The third kappa shape index (κ3) is 1.39. The zero-order chi connectivity index (χ0) is 10.9. The number of rotatable bonds is 2. The van der Waals surface area contributed by atoms with Crippen molar-refractivity contribution in [1.29, 1.82) is 0 Å². The molecule has 0 atom stereocenters. The van der Waals surface area contributed by atoms with Crippen LogP contribution in [-0.4, -0.2) is 22.5 Å². The monoisotopic (exact) mass is 195 g/mol. The minimum Gasteiger partial charge on any atom is -0.507 e. The van der Waals surface area contributed by atoms with Crippen molar-refractivity contribution in [2.75, 3.05) is 0 Å². The van der Waals surface area contributed by atoms with E-state index >= 15 is 0 Å². The van der Waals surface area contributed by atoms with Gasteiger partial charge in [0.25, 0.3) is 0 Å². The van der Waals surface area contributed by atoms with E-state index in [1.807, 2.05) is 0 Å². The second kappa shape index (κ2) is 3.37. The smallest absolute Gasteiger partial charge is 0.390 e. The Morgan fingerprint density at radius 3 is 2.43 bits per heavy atom. The van der Waals surface area contributed by atoms with E-state index in [0.717, 1.165) is 6.07 Å². The van der Waals surface area contributed by atoms with E-state index in [-0.39, 0.29) is 11.8 Å². The van der Waals surface area contributed by atoms with Gasteiger partial charge in [-0.1, -0.05) is 0 Å². The molecule has 1 aromatic rings. The molecule has 0 aliphatic carbocycles. The van der Waals surface area contributed by atoms with Crippen molar-refractivity contribution >= 4 is 12.3 Å². The normalized spacial score (nSPS) is 9.79. The van der Waals surface area contributed by atoms with Crippen molar-refractivity contribution in [3.63, 3.8) is 0 Å². The highest BCUT2D eigenvalue weighted by Gasteiger charge is 2.20. The third-order valence-electron chi connectivity index (χ3n) is 1.84. The molecule has 2 N–H and O–H groups in total. The fourth-order valence-corrected chi connectivity index (χ4v) is 1.17. The molecule has 1 aromatic carbocycles. The number of phenols is 2. The summed E-state index contributed by atoms with van der Waals surface area (Å²) < 4.78 is 0. The highest BCUT2D eigenvalue weighted by molar-refractivity contribution is 5.97. The highest BCUT2D eigenvalue weighted by Crippen LogP contribution is 2.31. The van der Waals surface area contributed by atoms with Gasteiger partial charge in [0.1, 0.15) is 17.1 Å². The summed E-state index contributed by atoms with van der Waals surface area (Å²) in [6.07, 6.45) is 0.177. The number of benzene rings is 1. The Bertz CT molecular complexity index is 408. The number of hydrogen-bond donors (Lipinski definition) is 2. The molecule has 0 aromatic heterocycles. The molecule has 0 aliphatic heterocycles. The first-order valence-electron chi connectivity index (χ1n) is 3.71. The van der Waals surface area contributed by atoms with Crippen molar-refractivity contribution in [2.24, 2.45) is 0 Å². The van der Waals surface area contributed by atoms with E-state index in [4.69, 9.17) is 0 Å². The van der Waals surface area contributed by atoms with Crippen molar-refractivity contribution < 1.29 is 24.9 Å². The van der Waals surface area contributed by atoms with Crippen LogP contribution in [0.15, 0.2) is 6.07 Å². The predicted molar refractivity (Wildman–Crippen MR) is 44.9 cm³/mol. The summed E-state index contributed by atoms with van der Waals surface area (Å²) in [6.45, 7) is 1.37. The summed E-state index contributed by atoms with van der Waals surface area (Å²) in [4.78, 5) is 21.0. The van der Waals surface area contributed by atoms with Gasteiger partial charge in [0.05, 0.1) is 5.56 Å². The lowest BCUT2D eigenvalue weighted by Gasteiger charge is -2.06. The predicted octanol–water partition coefficient (Wildman–Crippen LogP) is 0.789. The molecule has 0 bridgehead atoms. The largest absolute Gasteiger partial charge is 0.507 e. The molecule has 14 heavy (non-hydrogen) atoms. The Balaban J connectivity index is 3.60. The van der Waals surface area contributed by atoms with Crippen molar-refractivity contribution in [3.8, 4) is 11.5 Å². The van der Waals surface area contributed by atoms with Crippen LogP contribution in [-0.2, 0) is 5.11 Å². The number of aromatic hydroxyl groups is 2. The first-order chi connectivity index (χ1) is 6.49. The molecule has 0 saturated carbocycles. The topological polar surface area (TPSA) is 94.5 Å². The van der Waals surface area contributed by atoms with Crippen LogP contribution in [0, 0.1) is 6.92 Å². The Hall–Kier alpha value is -2.04. The molecule has 0 unspecified atom stereocenters. The zero-order valence-electron chi connectivity index (χ0n) is 7.27. The molecule has 0 aliphatic rings. The maximum atomic E-state index is 10.6. The van der Waals surface area contributed by atoms with E-state index in [9.17, 15) is 24.9 Å². The summed E-state index contributed by atoms with van der Waals surface area (Å²) in [5, 5.41) is 29.0. The SMILES string of the molecule is Cc1cc(O)c(C=O)c(O)c1C([O])=O. The molecular weight excluding hydrogens is 188 g/mol. The van der Waals surface area contributed by atoms with E-state index in [0.29, 0.717) is 0 Å². The summed E-state index contributed by atoms with van der Waals surface area (Å²) in [7, 11) is 0. The van der Waals surface area contributed by atoms with Crippen LogP contribution in [0.2, 0.25) is 0 Å². The van der Waals surface area contributed by atoms with E-state index in [1.54, 1.807) is 0 Å². The van der Waals surface area contributed by atoms with Crippen LogP contribution in [0.5, 0.6) is 11.5 Å². The number of carbonyl (C=O) groups excluding carboxylic acids is 2. The zero-order valence-corrected chi connectivity index (χ0v) is 7.27. The quantitative estimate of drug-likeness (QED) is 0.682. The standard InChI is InChI=1S/C9H7O5/c1-4-2-6(11)5(3-10)8(12)7(4)9(13)14/h2-3,11-12H,1H3. The lowest BCUT2D eigenvalue weighted by atomic mass is 10.0. The molecular formula is C9H7O5. The second-order valence-electron chi connectivity index (χ2n) is 2.76. The Morgan fingerprint density at radius 2 is 2.00 bits per heavy atom. The summed E-state index contributed by atoms with van der Waals surface area (Å²) in [5.41, 5.74) is -0.801. The molecule has 0 amide bonds. The van der Waals surface area contributed by atoms with Gasteiger partial charge in [0, 0.05) is 0 Å². The summed E-state index contributed by atoms with van der Waals surface area (Å²) in [6, 6.07) is 1.08.